The van der Waals surface area contributed by atoms with E-state index in [-0.39, 0.29) is 0 Å². The summed E-state index contributed by atoms with van der Waals surface area (Å²) in [6, 6.07) is 4.10. The molecule has 0 atom stereocenters. The highest BCUT2D eigenvalue weighted by Crippen LogP contribution is 2.28. The van der Waals surface area contributed by atoms with Crippen molar-refractivity contribution in [3.8, 4) is 11.4 Å². The van der Waals surface area contributed by atoms with Gasteiger partial charge in [-0.05, 0) is 59.7 Å². The number of methoxy groups -OCH3 is 1. The first-order valence-electron chi connectivity index (χ1n) is 6.02. The van der Waals surface area contributed by atoms with E-state index in [0.29, 0.717) is 18.2 Å². The van der Waals surface area contributed by atoms with Crippen LogP contribution >= 0.6 is 38.5 Å². The Morgan fingerprint density at radius 2 is 1.85 bits per heavy atom. The first kappa shape index (κ1) is 15.7. The van der Waals surface area contributed by atoms with E-state index in [2.05, 4.69) is 60.6 Å². The van der Waals surface area contributed by atoms with Crippen molar-refractivity contribution in [2.45, 2.75) is 20.5 Å². The van der Waals surface area contributed by atoms with Gasteiger partial charge in [0.2, 0.25) is 0 Å². The largest absolute Gasteiger partial charge is 0.383 e. The van der Waals surface area contributed by atoms with Gasteiger partial charge in [-0.15, -0.1) is 0 Å². The SMILES string of the molecule is COCc1nc(-c2cc(C)c(Br)c(C)c2)nc(N)c1I. The zero-order valence-electron chi connectivity index (χ0n) is 11.5. The molecular weight excluding hydrogens is 433 g/mol. The summed E-state index contributed by atoms with van der Waals surface area (Å²) in [5.74, 6) is 1.12. The number of hydrogen-bond acceptors (Lipinski definition) is 4. The Bertz CT molecular complexity index is 638. The van der Waals surface area contributed by atoms with Crippen molar-refractivity contribution in [2.24, 2.45) is 0 Å². The van der Waals surface area contributed by atoms with E-state index in [9.17, 15) is 0 Å². The average molecular weight is 448 g/mol. The van der Waals surface area contributed by atoms with E-state index in [0.717, 1.165) is 30.4 Å². The molecule has 0 saturated carbocycles. The highest BCUT2D eigenvalue weighted by molar-refractivity contribution is 14.1. The molecule has 1 aromatic carbocycles. The number of ether oxygens (including phenoxy) is 1. The van der Waals surface area contributed by atoms with Crippen LogP contribution in [0, 0.1) is 17.4 Å². The highest BCUT2D eigenvalue weighted by Gasteiger charge is 2.13. The lowest BCUT2D eigenvalue weighted by atomic mass is 10.1. The lowest BCUT2D eigenvalue weighted by Gasteiger charge is -2.11. The quantitative estimate of drug-likeness (QED) is 0.726. The van der Waals surface area contributed by atoms with Gasteiger partial charge in [0.1, 0.15) is 5.82 Å². The van der Waals surface area contributed by atoms with E-state index in [1.165, 1.54) is 0 Å². The molecule has 2 aromatic rings. The number of aromatic nitrogens is 2. The van der Waals surface area contributed by atoms with Crippen LogP contribution in [0.3, 0.4) is 0 Å². The van der Waals surface area contributed by atoms with Gasteiger partial charge in [0.05, 0.1) is 15.9 Å². The summed E-state index contributed by atoms with van der Waals surface area (Å²) in [5, 5.41) is 0. The zero-order chi connectivity index (χ0) is 14.9. The summed E-state index contributed by atoms with van der Waals surface area (Å²) in [6.07, 6.45) is 0. The van der Waals surface area contributed by atoms with Crippen molar-refractivity contribution in [1.29, 1.82) is 0 Å². The van der Waals surface area contributed by atoms with Crippen molar-refractivity contribution in [1.82, 2.24) is 9.97 Å². The Labute approximate surface area is 140 Å². The van der Waals surface area contributed by atoms with Gasteiger partial charge in [0.25, 0.3) is 0 Å². The number of aryl methyl sites for hydroxylation is 2. The van der Waals surface area contributed by atoms with Crippen molar-refractivity contribution in [3.63, 3.8) is 0 Å². The van der Waals surface area contributed by atoms with Crippen LogP contribution in [0.15, 0.2) is 16.6 Å². The Hall–Kier alpha value is -0.730. The fraction of sp³-hybridized carbons (Fsp3) is 0.286. The first-order valence-corrected chi connectivity index (χ1v) is 7.89. The number of nitrogens with zero attached hydrogens (tertiary/aromatic N) is 2. The Morgan fingerprint density at radius 3 is 2.40 bits per heavy atom. The summed E-state index contributed by atoms with van der Waals surface area (Å²) in [4.78, 5) is 8.95. The molecule has 0 bridgehead atoms. The first-order chi connectivity index (χ1) is 9.43. The summed E-state index contributed by atoms with van der Waals surface area (Å²) in [6.45, 7) is 4.52. The summed E-state index contributed by atoms with van der Waals surface area (Å²) in [7, 11) is 1.64. The molecule has 2 rings (SSSR count). The number of anilines is 1. The number of hydrogen-bond donors (Lipinski definition) is 1. The van der Waals surface area contributed by atoms with Crippen molar-refractivity contribution >= 4 is 44.3 Å². The Kier molecular flexibility index (Phi) is 4.98. The van der Waals surface area contributed by atoms with Crippen LogP contribution in [-0.2, 0) is 11.3 Å². The zero-order valence-corrected chi connectivity index (χ0v) is 15.2. The Morgan fingerprint density at radius 1 is 1.25 bits per heavy atom. The second-order valence-electron chi connectivity index (χ2n) is 4.55. The maximum absolute atomic E-state index is 5.97. The minimum Gasteiger partial charge on any atom is -0.383 e. The molecule has 106 valence electrons. The predicted octanol–water partition coefficient (Wildman–Crippen LogP) is 3.86. The van der Waals surface area contributed by atoms with Gasteiger partial charge in [-0.1, -0.05) is 15.9 Å². The molecule has 0 aliphatic carbocycles. The van der Waals surface area contributed by atoms with Crippen molar-refractivity contribution < 1.29 is 4.74 Å². The average Bonchev–Trinajstić information content (AvgIpc) is 2.40. The molecule has 1 heterocycles. The predicted molar refractivity (Wildman–Crippen MR) is 92.5 cm³/mol. The molecular formula is C14H15BrIN3O. The van der Waals surface area contributed by atoms with Crippen LogP contribution in [-0.4, -0.2) is 17.1 Å². The molecule has 4 nitrogen and oxygen atoms in total. The molecule has 0 amide bonds. The molecule has 20 heavy (non-hydrogen) atoms. The molecule has 0 aliphatic rings. The third kappa shape index (κ3) is 3.12. The number of benzene rings is 1. The van der Waals surface area contributed by atoms with E-state index in [4.69, 9.17) is 10.5 Å². The Balaban J connectivity index is 2.58. The van der Waals surface area contributed by atoms with Crippen LogP contribution in [0.2, 0.25) is 0 Å². The fourth-order valence-corrected chi connectivity index (χ4v) is 2.58. The molecule has 0 unspecified atom stereocenters. The molecule has 0 aliphatic heterocycles. The monoisotopic (exact) mass is 447 g/mol. The maximum atomic E-state index is 5.97. The van der Waals surface area contributed by atoms with Gasteiger partial charge < -0.3 is 10.5 Å². The standard InChI is InChI=1S/C14H15BrIN3O/c1-7-4-9(5-8(2)11(7)15)14-18-10(6-20-3)12(16)13(17)19-14/h4-5H,6H2,1-3H3,(H2,17,18,19). The summed E-state index contributed by atoms with van der Waals surface area (Å²) < 4.78 is 7.12. The minimum absolute atomic E-state index is 0.423. The minimum atomic E-state index is 0.423. The second-order valence-corrected chi connectivity index (χ2v) is 6.42. The van der Waals surface area contributed by atoms with Crippen LogP contribution in [0.25, 0.3) is 11.4 Å². The van der Waals surface area contributed by atoms with E-state index in [1.54, 1.807) is 7.11 Å². The lowest BCUT2D eigenvalue weighted by molar-refractivity contribution is 0.181. The second kappa shape index (κ2) is 6.36. The van der Waals surface area contributed by atoms with Gasteiger partial charge in [-0.2, -0.15) is 0 Å². The molecule has 0 radical (unpaired) electrons. The van der Waals surface area contributed by atoms with Gasteiger partial charge >= 0.3 is 0 Å². The molecule has 2 N–H and O–H groups in total. The lowest BCUT2D eigenvalue weighted by Crippen LogP contribution is -2.06. The molecule has 6 heteroatoms. The normalized spacial score (nSPS) is 10.8. The van der Waals surface area contributed by atoms with Crippen LogP contribution in [0.5, 0.6) is 0 Å². The molecule has 1 aromatic heterocycles. The van der Waals surface area contributed by atoms with Gasteiger partial charge in [0.15, 0.2) is 5.82 Å². The number of rotatable bonds is 3. The maximum Gasteiger partial charge on any atom is 0.161 e. The summed E-state index contributed by atoms with van der Waals surface area (Å²) >= 11 is 5.71. The van der Waals surface area contributed by atoms with E-state index in [1.807, 2.05) is 13.8 Å². The fourth-order valence-electron chi connectivity index (χ4n) is 1.95. The van der Waals surface area contributed by atoms with Crippen molar-refractivity contribution in [2.75, 3.05) is 12.8 Å². The van der Waals surface area contributed by atoms with Crippen molar-refractivity contribution in [3.05, 3.63) is 37.0 Å². The highest BCUT2D eigenvalue weighted by atomic mass is 127. The van der Waals surface area contributed by atoms with Gasteiger partial charge in [0, 0.05) is 17.1 Å². The number of nitrogens with two attached hydrogens (primary N) is 1. The van der Waals surface area contributed by atoms with Gasteiger partial charge in [-0.25, -0.2) is 9.97 Å². The third-order valence-corrected chi connectivity index (χ3v) is 5.35. The molecule has 0 spiro atoms. The van der Waals surface area contributed by atoms with E-state index < -0.39 is 0 Å². The summed E-state index contributed by atoms with van der Waals surface area (Å²) in [5.41, 5.74) is 10.0. The van der Waals surface area contributed by atoms with Crippen LogP contribution < -0.4 is 5.73 Å². The van der Waals surface area contributed by atoms with E-state index >= 15 is 0 Å². The van der Waals surface area contributed by atoms with Gasteiger partial charge in [-0.3, -0.25) is 0 Å². The smallest absolute Gasteiger partial charge is 0.161 e. The number of nitrogen functional groups attached to an aromatic ring is 1. The topological polar surface area (TPSA) is 61.0 Å². The van der Waals surface area contributed by atoms with Crippen LogP contribution in [0.1, 0.15) is 16.8 Å². The molecule has 0 fully saturated rings. The molecule has 0 saturated heterocycles. The van der Waals surface area contributed by atoms with Crippen LogP contribution in [0.4, 0.5) is 5.82 Å². The third-order valence-electron chi connectivity index (χ3n) is 2.92. The number of halogens is 2.